The molecule has 0 radical (unpaired) electrons. The lowest BCUT2D eigenvalue weighted by Gasteiger charge is -2.23. The van der Waals surface area contributed by atoms with Crippen molar-refractivity contribution in [2.45, 2.75) is 39.7 Å². The summed E-state index contributed by atoms with van der Waals surface area (Å²) in [6.07, 6.45) is 0. The first kappa shape index (κ1) is 19.7. The maximum atomic E-state index is 12.6. The molecule has 2 rings (SSSR count). The van der Waals surface area contributed by atoms with Gasteiger partial charge >= 0.3 is 5.97 Å². The van der Waals surface area contributed by atoms with Crippen molar-refractivity contribution in [3.63, 3.8) is 0 Å². The molecule has 4 nitrogen and oxygen atoms in total. The Morgan fingerprint density at radius 3 is 1.77 bits per heavy atom. The molecule has 1 unspecified atom stereocenters. The van der Waals surface area contributed by atoms with E-state index in [2.05, 4.69) is 62.0 Å². The Hall–Kier alpha value is -2.62. The molecule has 1 amide bonds. The van der Waals surface area contributed by atoms with E-state index < -0.39 is 5.97 Å². The standard InChI is InChI=1S/C22H27NO3/c1-14(2)16-6-8-17(9-7-16)20(15(3)4)23-21(24)18-10-12-19(13-11-18)22(25)26-5/h6-15,20H,1-5H3,(H,23,24). The monoisotopic (exact) mass is 353 g/mol. The SMILES string of the molecule is COC(=O)c1ccc(C(=O)NC(c2ccc(C(C)C)cc2)C(C)C)cc1. The minimum absolute atomic E-state index is 0.0796. The predicted octanol–water partition coefficient (Wildman–Crippen LogP) is 4.72. The van der Waals surface area contributed by atoms with Crippen LogP contribution in [-0.2, 0) is 4.74 Å². The highest BCUT2D eigenvalue weighted by Gasteiger charge is 2.19. The van der Waals surface area contributed by atoms with E-state index in [1.165, 1.54) is 12.7 Å². The molecule has 0 spiro atoms. The van der Waals surface area contributed by atoms with Gasteiger partial charge in [0.2, 0.25) is 0 Å². The van der Waals surface area contributed by atoms with Crippen LogP contribution in [0.4, 0.5) is 0 Å². The smallest absolute Gasteiger partial charge is 0.337 e. The highest BCUT2D eigenvalue weighted by molar-refractivity contribution is 5.96. The largest absolute Gasteiger partial charge is 0.465 e. The van der Waals surface area contributed by atoms with Gasteiger partial charge in [0.05, 0.1) is 18.7 Å². The van der Waals surface area contributed by atoms with E-state index >= 15 is 0 Å². The first-order valence-corrected chi connectivity index (χ1v) is 8.92. The van der Waals surface area contributed by atoms with Crippen LogP contribution in [-0.4, -0.2) is 19.0 Å². The van der Waals surface area contributed by atoms with Gasteiger partial charge in [0.1, 0.15) is 0 Å². The molecule has 1 atom stereocenters. The van der Waals surface area contributed by atoms with Crippen LogP contribution in [0.1, 0.15) is 71.5 Å². The molecule has 2 aromatic carbocycles. The van der Waals surface area contributed by atoms with E-state index in [9.17, 15) is 9.59 Å². The third kappa shape index (κ3) is 4.72. The maximum absolute atomic E-state index is 12.6. The Labute approximate surface area is 155 Å². The Balaban J connectivity index is 2.16. The zero-order valence-electron chi connectivity index (χ0n) is 16.1. The van der Waals surface area contributed by atoms with Gasteiger partial charge in [-0.3, -0.25) is 4.79 Å². The molecule has 0 bridgehead atoms. The summed E-state index contributed by atoms with van der Waals surface area (Å²) in [5, 5.41) is 3.11. The number of ether oxygens (including phenoxy) is 1. The summed E-state index contributed by atoms with van der Waals surface area (Å²) in [4.78, 5) is 24.1. The van der Waals surface area contributed by atoms with Gasteiger partial charge in [-0.2, -0.15) is 0 Å². The summed E-state index contributed by atoms with van der Waals surface area (Å²) in [5.74, 6) is 0.151. The normalized spacial score (nSPS) is 12.1. The van der Waals surface area contributed by atoms with Crippen molar-refractivity contribution < 1.29 is 14.3 Å². The molecule has 0 fully saturated rings. The number of amides is 1. The van der Waals surface area contributed by atoms with Crippen molar-refractivity contribution in [2.75, 3.05) is 7.11 Å². The van der Waals surface area contributed by atoms with Crippen LogP contribution < -0.4 is 5.32 Å². The average molecular weight is 353 g/mol. The van der Waals surface area contributed by atoms with Crippen molar-refractivity contribution in [1.29, 1.82) is 0 Å². The van der Waals surface area contributed by atoms with Crippen molar-refractivity contribution in [3.05, 3.63) is 70.8 Å². The van der Waals surface area contributed by atoms with Crippen LogP contribution in [0.15, 0.2) is 48.5 Å². The van der Waals surface area contributed by atoms with Crippen molar-refractivity contribution >= 4 is 11.9 Å². The number of esters is 1. The number of methoxy groups -OCH3 is 1. The number of benzene rings is 2. The molecule has 0 aromatic heterocycles. The van der Waals surface area contributed by atoms with Crippen molar-refractivity contribution in [3.8, 4) is 0 Å². The van der Waals surface area contributed by atoms with Gasteiger partial charge in [0.25, 0.3) is 5.91 Å². The molecule has 4 heteroatoms. The lowest BCUT2D eigenvalue weighted by molar-refractivity contribution is 0.0600. The summed E-state index contributed by atoms with van der Waals surface area (Å²) in [7, 11) is 1.33. The summed E-state index contributed by atoms with van der Waals surface area (Å²) in [6.45, 7) is 8.49. The third-order valence-electron chi connectivity index (χ3n) is 4.48. The first-order valence-electron chi connectivity index (χ1n) is 8.92. The van der Waals surface area contributed by atoms with Gasteiger partial charge in [0, 0.05) is 5.56 Å². The molecule has 0 saturated heterocycles. The second kappa shape index (κ2) is 8.65. The first-order chi connectivity index (χ1) is 12.3. The van der Waals surface area contributed by atoms with Gasteiger partial charge in [-0.25, -0.2) is 4.79 Å². The lowest BCUT2D eigenvalue weighted by atomic mass is 9.93. The summed E-state index contributed by atoms with van der Waals surface area (Å²) in [5.41, 5.74) is 3.31. The zero-order chi connectivity index (χ0) is 19.3. The number of hydrogen-bond donors (Lipinski definition) is 1. The minimum Gasteiger partial charge on any atom is -0.465 e. The molecule has 0 heterocycles. The van der Waals surface area contributed by atoms with Crippen molar-refractivity contribution in [1.82, 2.24) is 5.32 Å². The summed E-state index contributed by atoms with van der Waals surface area (Å²) < 4.78 is 4.68. The van der Waals surface area contributed by atoms with Crippen LogP contribution in [0.25, 0.3) is 0 Å². The maximum Gasteiger partial charge on any atom is 0.337 e. The predicted molar refractivity (Wildman–Crippen MR) is 103 cm³/mol. The van der Waals surface area contributed by atoms with Crippen LogP contribution in [0.5, 0.6) is 0 Å². The fourth-order valence-corrected chi connectivity index (χ4v) is 2.82. The van der Waals surface area contributed by atoms with Crippen LogP contribution in [0, 0.1) is 5.92 Å². The Morgan fingerprint density at radius 2 is 1.31 bits per heavy atom. The summed E-state index contributed by atoms with van der Waals surface area (Å²) >= 11 is 0. The molecule has 0 aliphatic rings. The van der Waals surface area contributed by atoms with Gasteiger partial charge in [-0.05, 0) is 47.2 Å². The van der Waals surface area contributed by atoms with E-state index in [0.29, 0.717) is 17.0 Å². The Bertz CT molecular complexity index is 746. The van der Waals surface area contributed by atoms with E-state index in [1.54, 1.807) is 24.3 Å². The number of carbonyl (C=O) groups excluding carboxylic acids is 2. The Kier molecular flexibility index (Phi) is 6.56. The van der Waals surface area contributed by atoms with E-state index in [4.69, 9.17) is 0 Å². The van der Waals surface area contributed by atoms with Crippen LogP contribution >= 0.6 is 0 Å². The number of rotatable bonds is 6. The Morgan fingerprint density at radius 1 is 0.808 bits per heavy atom. The molecule has 26 heavy (non-hydrogen) atoms. The van der Waals surface area contributed by atoms with Gasteiger partial charge in [0.15, 0.2) is 0 Å². The second-order valence-electron chi connectivity index (χ2n) is 7.09. The zero-order valence-corrected chi connectivity index (χ0v) is 16.1. The van der Waals surface area contributed by atoms with Gasteiger partial charge in [-0.1, -0.05) is 52.0 Å². The second-order valence-corrected chi connectivity index (χ2v) is 7.09. The molecular formula is C22H27NO3. The third-order valence-corrected chi connectivity index (χ3v) is 4.48. The van der Waals surface area contributed by atoms with Crippen molar-refractivity contribution in [2.24, 2.45) is 5.92 Å². The highest BCUT2D eigenvalue weighted by atomic mass is 16.5. The fraction of sp³-hybridized carbons (Fsp3) is 0.364. The quantitative estimate of drug-likeness (QED) is 0.764. The molecule has 138 valence electrons. The van der Waals surface area contributed by atoms with E-state index in [0.717, 1.165) is 5.56 Å². The number of carbonyl (C=O) groups is 2. The highest BCUT2D eigenvalue weighted by Crippen LogP contribution is 2.24. The number of hydrogen-bond acceptors (Lipinski definition) is 3. The molecular weight excluding hydrogens is 326 g/mol. The molecule has 1 N–H and O–H groups in total. The van der Waals surface area contributed by atoms with Gasteiger partial charge in [-0.15, -0.1) is 0 Å². The molecule has 2 aromatic rings. The van der Waals surface area contributed by atoms with Crippen LogP contribution in [0.2, 0.25) is 0 Å². The van der Waals surface area contributed by atoms with Gasteiger partial charge < -0.3 is 10.1 Å². The molecule has 0 saturated carbocycles. The lowest BCUT2D eigenvalue weighted by Crippen LogP contribution is -2.31. The van der Waals surface area contributed by atoms with E-state index in [-0.39, 0.29) is 17.9 Å². The molecule has 0 aliphatic heterocycles. The minimum atomic E-state index is -0.415. The van der Waals surface area contributed by atoms with Crippen LogP contribution in [0.3, 0.4) is 0 Å². The number of nitrogens with one attached hydrogen (secondary N) is 1. The summed E-state index contributed by atoms with van der Waals surface area (Å²) in [6, 6.07) is 14.8. The van der Waals surface area contributed by atoms with E-state index in [1.807, 2.05) is 0 Å². The topological polar surface area (TPSA) is 55.4 Å². The average Bonchev–Trinajstić information content (AvgIpc) is 2.65. The molecule has 0 aliphatic carbocycles. The fourth-order valence-electron chi connectivity index (χ4n) is 2.82.